The van der Waals surface area contributed by atoms with Crippen molar-refractivity contribution in [3.8, 4) is 0 Å². The number of carbonyl (C=O) groups excluding carboxylic acids is 5. The summed E-state index contributed by atoms with van der Waals surface area (Å²) in [7, 11) is 4.52. The number of allylic oxidation sites excluding steroid dienone is 6. The quantitative estimate of drug-likeness (QED) is 0.156. The van der Waals surface area contributed by atoms with E-state index in [0.717, 1.165) is 12.0 Å². The van der Waals surface area contributed by atoms with E-state index in [1.165, 1.54) is 12.0 Å². The van der Waals surface area contributed by atoms with E-state index < -0.39 is 83.9 Å². The van der Waals surface area contributed by atoms with Crippen molar-refractivity contribution < 1.29 is 63.0 Å². The molecule has 15 atom stereocenters. The Morgan fingerprint density at radius 1 is 0.846 bits per heavy atom. The number of nitrogens with zero attached hydrogens (tertiary/aromatic N) is 1. The largest absolute Gasteiger partial charge is 0.460 e. The molecule has 366 valence electrons. The Bertz CT molecular complexity index is 1760. The van der Waals surface area contributed by atoms with Gasteiger partial charge in [-0.3, -0.25) is 19.2 Å². The van der Waals surface area contributed by atoms with Gasteiger partial charge in [-0.15, -0.1) is 0 Å². The van der Waals surface area contributed by atoms with Crippen molar-refractivity contribution in [3.05, 3.63) is 47.6 Å². The van der Waals surface area contributed by atoms with E-state index in [1.54, 1.807) is 41.1 Å². The number of piperidine rings is 1. The van der Waals surface area contributed by atoms with Gasteiger partial charge in [-0.05, 0) is 107 Å². The highest BCUT2D eigenvalue weighted by Gasteiger charge is 2.53. The number of aliphatic hydroxyl groups excluding tert-OH is 2. The second-order valence-electron chi connectivity index (χ2n) is 19.6. The number of carbonyl (C=O) groups is 5. The van der Waals surface area contributed by atoms with Gasteiger partial charge in [0, 0.05) is 58.5 Å². The molecule has 0 radical (unpaired) electrons. The number of hydrogen-bond donors (Lipinski definition) is 3. The molecular formula is C51H79NO13. The van der Waals surface area contributed by atoms with Crippen LogP contribution in [0.4, 0.5) is 0 Å². The number of fused-ring (bicyclic) bond motifs is 3. The van der Waals surface area contributed by atoms with Crippen molar-refractivity contribution in [2.24, 2.45) is 35.5 Å². The molecular weight excluding hydrogens is 835 g/mol. The molecule has 1 amide bonds. The first kappa shape index (κ1) is 54.2. The number of rotatable bonds is 6. The fourth-order valence-corrected chi connectivity index (χ4v) is 10.1. The van der Waals surface area contributed by atoms with Crippen LogP contribution < -0.4 is 0 Å². The lowest BCUT2D eigenvalue weighted by molar-refractivity contribution is -0.265. The van der Waals surface area contributed by atoms with Gasteiger partial charge >= 0.3 is 5.97 Å². The molecule has 3 N–H and O–H groups in total. The number of Topliss-reactive ketones (excluding diaryl/α,β-unsaturated/α-hetero) is 3. The van der Waals surface area contributed by atoms with Gasteiger partial charge in [0.05, 0.1) is 24.4 Å². The second kappa shape index (κ2) is 25.1. The molecule has 3 fully saturated rings. The van der Waals surface area contributed by atoms with Gasteiger partial charge in [-0.2, -0.15) is 0 Å². The number of hydrogen-bond acceptors (Lipinski definition) is 13. The van der Waals surface area contributed by atoms with Crippen LogP contribution in [0.1, 0.15) is 126 Å². The highest BCUT2D eigenvalue weighted by Crippen LogP contribution is 2.38. The fraction of sp³-hybridized carbons (Fsp3) is 0.745. The minimum absolute atomic E-state index is 0.0193. The third-order valence-electron chi connectivity index (χ3n) is 14.5. The zero-order valence-corrected chi connectivity index (χ0v) is 40.6. The summed E-state index contributed by atoms with van der Waals surface area (Å²) in [5.74, 6) is -7.96. The Morgan fingerprint density at radius 3 is 2.25 bits per heavy atom. The predicted octanol–water partition coefficient (Wildman–Crippen LogP) is 6.18. The van der Waals surface area contributed by atoms with Gasteiger partial charge in [0.2, 0.25) is 5.79 Å². The normalized spacial score (nSPS) is 40.4. The monoisotopic (exact) mass is 914 g/mol. The number of aliphatic hydroxyl groups is 3. The van der Waals surface area contributed by atoms with Gasteiger partial charge in [0.15, 0.2) is 5.78 Å². The van der Waals surface area contributed by atoms with Crippen LogP contribution >= 0.6 is 0 Å². The van der Waals surface area contributed by atoms with E-state index in [0.29, 0.717) is 63.4 Å². The average molecular weight is 914 g/mol. The number of cyclic esters (lactones) is 1. The molecule has 4 aliphatic rings. The second-order valence-corrected chi connectivity index (χ2v) is 19.6. The summed E-state index contributed by atoms with van der Waals surface area (Å²) in [6.07, 6.45) is 11.2. The molecule has 2 unspecified atom stereocenters. The maximum absolute atomic E-state index is 14.4. The summed E-state index contributed by atoms with van der Waals surface area (Å²) in [5.41, 5.74) is 1.27. The summed E-state index contributed by atoms with van der Waals surface area (Å²) in [4.78, 5) is 71.8. The number of amides is 1. The molecule has 0 spiro atoms. The van der Waals surface area contributed by atoms with E-state index in [1.807, 2.05) is 58.1 Å². The summed E-state index contributed by atoms with van der Waals surface area (Å²) in [6.45, 7) is 12.7. The van der Waals surface area contributed by atoms with Crippen LogP contribution in [0.5, 0.6) is 0 Å². The van der Waals surface area contributed by atoms with Crippen molar-refractivity contribution in [1.29, 1.82) is 0 Å². The topological polar surface area (TPSA) is 195 Å². The minimum atomic E-state index is -2.43. The van der Waals surface area contributed by atoms with Crippen LogP contribution in [-0.2, 0) is 47.7 Å². The van der Waals surface area contributed by atoms with E-state index in [9.17, 15) is 39.3 Å². The fourth-order valence-electron chi connectivity index (χ4n) is 10.1. The molecule has 65 heavy (non-hydrogen) atoms. The van der Waals surface area contributed by atoms with Crippen LogP contribution in [0.3, 0.4) is 0 Å². The smallest absolute Gasteiger partial charge is 0.329 e. The highest BCUT2D eigenvalue weighted by molar-refractivity contribution is 6.39. The molecule has 4 rings (SSSR count). The van der Waals surface area contributed by atoms with Crippen molar-refractivity contribution in [2.75, 3.05) is 27.9 Å². The van der Waals surface area contributed by atoms with Gasteiger partial charge in [-0.1, -0.05) is 71.1 Å². The van der Waals surface area contributed by atoms with Gasteiger partial charge in [0.25, 0.3) is 11.7 Å². The standard InChI is InChI=1S/C51H79NO13/c1-30-16-12-11-13-17-31(2)42(61-8)28-38-21-19-36(7)51(60,65-38)48(57)49(58)52-23-15-14-18-39(52)50(59)64-43(33(4)26-37-20-22-40(53)44(27-37)62-9)29-41(54)32(3)25-35(6)46(56)47(63-10)45(55)34(5)24-30/h11-13,16-17,25,30,32-34,36-40,42-44,46-47,53,56,60H,14-15,18-24,26-29H2,1-10H3/b13-11+,16-12+,31-17+,35-25+/t30-,32-,33-,34-,36-,37?,38+,39?,40-,42+,43+,44-,46+,47+,51-/m1/s1. The van der Waals surface area contributed by atoms with E-state index >= 15 is 0 Å². The van der Waals surface area contributed by atoms with Crippen LogP contribution in [0, 0.1) is 35.5 Å². The molecule has 3 heterocycles. The Morgan fingerprint density at radius 2 is 1.57 bits per heavy atom. The third kappa shape index (κ3) is 14.3. The van der Waals surface area contributed by atoms with Crippen molar-refractivity contribution in [1.82, 2.24) is 4.90 Å². The summed E-state index contributed by atoms with van der Waals surface area (Å²) >= 11 is 0. The number of esters is 1. The molecule has 0 aromatic carbocycles. The summed E-state index contributed by atoms with van der Waals surface area (Å²) in [5, 5.41) is 33.8. The number of ether oxygens (including phenoxy) is 5. The van der Waals surface area contributed by atoms with Crippen molar-refractivity contribution >= 4 is 29.2 Å². The van der Waals surface area contributed by atoms with E-state index in [4.69, 9.17) is 23.7 Å². The lowest BCUT2D eigenvalue weighted by Gasteiger charge is -2.42. The van der Waals surface area contributed by atoms with Gasteiger partial charge < -0.3 is 43.9 Å². The van der Waals surface area contributed by atoms with Crippen LogP contribution in [0.2, 0.25) is 0 Å². The van der Waals surface area contributed by atoms with Crippen LogP contribution in [-0.4, -0.2) is 132 Å². The van der Waals surface area contributed by atoms with Crippen molar-refractivity contribution in [2.45, 2.75) is 180 Å². The number of ketones is 3. The molecule has 3 aliphatic heterocycles. The van der Waals surface area contributed by atoms with E-state index in [-0.39, 0.29) is 54.8 Å². The average Bonchev–Trinajstić information content (AvgIpc) is 3.28. The molecule has 14 nitrogen and oxygen atoms in total. The molecule has 0 aromatic rings. The molecule has 1 saturated carbocycles. The lowest BCUT2D eigenvalue weighted by atomic mass is 9.78. The van der Waals surface area contributed by atoms with Gasteiger partial charge in [-0.25, -0.2) is 4.79 Å². The Hall–Kier alpha value is -3.37. The Balaban J connectivity index is 1.70. The van der Waals surface area contributed by atoms with Gasteiger partial charge in [0.1, 0.15) is 30.1 Å². The van der Waals surface area contributed by atoms with E-state index in [2.05, 4.69) is 0 Å². The first-order valence-corrected chi connectivity index (χ1v) is 23.9. The Kier molecular flexibility index (Phi) is 21.0. The predicted molar refractivity (Wildman–Crippen MR) is 245 cm³/mol. The summed E-state index contributed by atoms with van der Waals surface area (Å²) in [6, 6.07) is -1.14. The number of methoxy groups -OCH3 is 3. The van der Waals surface area contributed by atoms with Crippen LogP contribution in [0.15, 0.2) is 47.6 Å². The molecule has 0 aromatic heterocycles. The summed E-state index contributed by atoms with van der Waals surface area (Å²) < 4.78 is 29.4. The maximum atomic E-state index is 14.4. The SMILES string of the molecule is CO[C@H]1C[C@@H]2CC[C@@H](C)[C@@](O)(O2)C(=O)C(=O)N2CCCCC2C(=O)O[C@H]([C@H](C)CC2CC[C@@H](O)[C@H](OC)C2)CC(=O)[C@H](C)/C=C(\C)[C@H](O)[C@@H](OC)C(=O)[C@H](C)C[C@H](C)/C=C/C=C/C=C/1C. The molecule has 2 saturated heterocycles. The first-order valence-electron chi connectivity index (χ1n) is 23.9. The lowest BCUT2D eigenvalue weighted by Crippen LogP contribution is -2.61. The Labute approximate surface area is 387 Å². The minimum Gasteiger partial charge on any atom is -0.460 e. The maximum Gasteiger partial charge on any atom is 0.329 e. The zero-order valence-electron chi connectivity index (χ0n) is 40.6. The zero-order chi connectivity index (χ0) is 48.2. The van der Waals surface area contributed by atoms with Crippen LogP contribution in [0.25, 0.3) is 0 Å². The first-order chi connectivity index (χ1) is 30.7. The highest BCUT2D eigenvalue weighted by atomic mass is 16.6. The van der Waals surface area contributed by atoms with Crippen molar-refractivity contribution in [3.63, 3.8) is 0 Å². The third-order valence-corrected chi connectivity index (χ3v) is 14.5. The molecule has 14 heteroatoms. The molecule has 2 bridgehead atoms. The molecule has 1 aliphatic carbocycles.